The molecule has 6 heteroatoms. The van der Waals surface area contributed by atoms with Crippen LogP contribution in [0.2, 0.25) is 0 Å². The highest BCUT2D eigenvalue weighted by Crippen LogP contribution is 2.33. The molecule has 0 aromatic carbocycles. The summed E-state index contributed by atoms with van der Waals surface area (Å²) in [6.07, 6.45) is 4.32. The molecule has 1 aliphatic rings. The van der Waals surface area contributed by atoms with Crippen molar-refractivity contribution in [2.75, 3.05) is 14.1 Å². The molecule has 0 bridgehead atoms. The first kappa shape index (κ1) is 15.4. The number of aromatic nitrogens is 2. The van der Waals surface area contributed by atoms with Crippen LogP contribution in [0.15, 0.2) is 4.79 Å². The standard InChI is InChI=1S/C16H21N3O2S/c1-10(20)8-19-13(9-18(2)3)17-15-14(16(19)21)11-6-4-5-7-12(11)22-15/h4-9H2,1-3H3. The molecule has 0 unspecified atom stereocenters. The predicted octanol–water partition coefficient (Wildman–Crippen LogP) is 1.99. The van der Waals surface area contributed by atoms with Crippen LogP contribution in [0.4, 0.5) is 0 Å². The van der Waals surface area contributed by atoms with Gasteiger partial charge < -0.3 is 4.90 Å². The van der Waals surface area contributed by atoms with E-state index in [0.717, 1.165) is 29.5 Å². The Morgan fingerprint density at radius 3 is 2.73 bits per heavy atom. The largest absolute Gasteiger partial charge is 0.302 e. The first-order valence-corrected chi connectivity index (χ1v) is 8.47. The van der Waals surface area contributed by atoms with E-state index in [2.05, 4.69) is 0 Å². The minimum atomic E-state index is -0.0450. The topological polar surface area (TPSA) is 55.2 Å². The molecule has 0 atom stereocenters. The van der Waals surface area contributed by atoms with Gasteiger partial charge in [-0.1, -0.05) is 0 Å². The third kappa shape index (κ3) is 2.73. The summed E-state index contributed by atoms with van der Waals surface area (Å²) in [6.45, 7) is 2.18. The van der Waals surface area contributed by atoms with Crippen molar-refractivity contribution in [3.8, 4) is 0 Å². The molecule has 118 valence electrons. The number of ketones is 1. The van der Waals surface area contributed by atoms with Gasteiger partial charge in [-0.15, -0.1) is 11.3 Å². The molecule has 2 heterocycles. The van der Waals surface area contributed by atoms with Gasteiger partial charge in [0.2, 0.25) is 0 Å². The number of carbonyl (C=O) groups excluding carboxylic acids is 1. The van der Waals surface area contributed by atoms with Crippen molar-refractivity contribution >= 4 is 27.3 Å². The van der Waals surface area contributed by atoms with Crippen LogP contribution in [0.5, 0.6) is 0 Å². The molecule has 0 aliphatic heterocycles. The van der Waals surface area contributed by atoms with Gasteiger partial charge in [0.25, 0.3) is 5.56 Å². The van der Waals surface area contributed by atoms with Crippen molar-refractivity contribution in [3.05, 3.63) is 26.6 Å². The molecule has 0 radical (unpaired) electrons. The summed E-state index contributed by atoms with van der Waals surface area (Å²) in [5.41, 5.74) is 1.13. The molecule has 1 aliphatic carbocycles. The molecule has 0 fully saturated rings. The van der Waals surface area contributed by atoms with Gasteiger partial charge in [-0.05, 0) is 52.3 Å². The molecule has 0 N–H and O–H groups in total. The molecule has 3 rings (SSSR count). The Bertz CT molecular complexity index is 789. The fraction of sp³-hybridized carbons (Fsp3) is 0.562. The van der Waals surface area contributed by atoms with Gasteiger partial charge in [-0.2, -0.15) is 0 Å². The van der Waals surface area contributed by atoms with Crippen molar-refractivity contribution in [3.63, 3.8) is 0 Å². The lowest BCUT2D eigenvalue weighted by atomic mass is 9.97. The summed E-state index contributed by atoms with van der Waals surface area (Å²) in [5, 5.41) is 0.753. The van der Waals surface area contributed by atoms with E-state index in [0.29, 0.717) is 12.4 Å². The third-order valence-electron chi connectivity index (χ3n) is 3.99. The third-order valence-corrected chi connectivity index (χ3v) is 5.18. The van der Waals surface area contributed by atoms with Crippen molar-refractivity contribution in [2.24, 2.45) is 0 Å². The van der Waals surface area contributed by atoms with Crippen LogP contribution in [-0.4, -0.2) is 34.3 Å². The first-order chi connectivity index (χ1) is 10.5. The Balaban J connectivity index is 2.25. The predicted molar refractivity (Wildman–Crippen MR) is 88.6 cm³/mol. The highest BCUT2D eigenvalue weighted by atomic mass is 32.1. The minimum absolute atomic E-state index is 0.0210. The molecule has 2 aromatic heterocycles. The number of nitrogens with zero attached hydrogens (tertiary/aromatic N) is 3. The summed E-state index contributed by atoms with van der Waals surface area (Å²) < 4.78 is 1.56. The van der Waals surface area contributed by atoms with Crippen molar-refractivity contribution in [1.29, 1.82) is 0 Å². The van der Waals surface area contributed by atoms with Gasteiger partial charge >= 0.3 is 0 Å². The number of rotatable bonds is 4. The van der Waals surface area contributed by atoms with Crippen molar-refractivity contribution in [1.82, 2.24) is 14.5 Å². The molecule has 22 heavy (non-hydrogen) atoms. The van der Waals surface area contributed by atoms with Crippen LogP contribution in [0, 0.1) is 0 Å². The van der Waals surface area contributed by atoms with Gasteiger partial charge in [-0.3, -0.25) is 14.2 Å². The van der Waals surface area contributed by atoms with Crippen LogP contribution in [-0.2, 0) is 30.7 Å². The summed E-state index contributed by atoms with van der Waals surface area (Å²) >= 11 is 1.65. The SMILES string of the molecule is CC(=O)Cn1c(CN(C)C)nc2sc3c(c2c1=O)CCCC3. The van der Waals surface area contributed by atoms with Crippen LogP contribution in [0.25, 0.3) is 10.2 Å². The van der Waals surface area contributed by atoms with Gasteiger partial charge in [0.1, 0.15) is 16.4 Å². The average molecular weight is 319 g/mol. The number of aryl methyl sites for hydroxylation is 2. The zero-order valence-electron chi connectivity index (χ0n) is 13.3. The van der Waals surface area contributed by atoms with Crippen molar-refractivity contribution < 1.29 is 4.79 Å². The molecule has 0 saturated heterocycles. The average Bonchev–Trinajstić information content (AvgIpc) is 2.80. The maximum Gasteiger partial charge on any atom is 0.263 e. The minimum Gasteiger partial charge on any atom is -0.302 e. The second-order valence-corrected chi connectivity index (χ2v) is 7.33. The maximum atomic E-state index is 13.0. The van der Waals surface area contributed by atoms with E-state index in [4.69, 9.17) is 4.98 Å². The zero-order chi connectivity index (χ0) is 15.9. The number of thiophene rings is 1. The summed E-state index contributed by atoms with van der Waals surface area (Å²) in [5.74, 6) is 0.656. The second-order valence-electron chi connectivity index (χ2n) is 6.25. The molecule has 0 spiro atoms. The van der Waals surface area contributed by atoms with Crippen LogP contribution < -0.4 is 5.56 Å². The van der Waals surface area contributed by atoms with Gasteiger partial charge in [0.15, 0.2) is 0 Å². The highest BCUT2D eigenvalue weighted by molar-refractivity contribution is 7.18. The quantitative estimate of drug-likeness (QED) is 0.865. The molecular weight excluding hydrogens is 298 g/mol. The highest BCUT2D eigenvalue weighted by Gasteiger charge is 2.22. The van der Waals surface area contributed by atoms with Gasteiger partial charge in [0.05, 0.1) is 18.5 Å². The Morgan fingerprint density at radius 2 is 2.05 bits per heavy atom. The zero-order valence-corrected chi connectivity index (χ0v) is 14.1. The van der Waals surface area contributed by atoms with Crippen LogP contribution in [0.1, 0.15) is 36.0 Å². The number of carbonyl (C=O) groups is 1. The Hall–Kier alpha value is -1.53. The number of hydrogen-bond acceptors (Lipinski definition) is 5. The Kier molecular flexibility index (Phi) is 4.14. The fourth-order valence-electron chi connectivity index (χ4n) is 3.07. The van der Waals surface area contributed by atoms with Gasteiger partial charge in [0, 0.05) is 4.88 Å². The van der Waals surface area contributed by atoms with E-state index < -0.39 is 0 Å². The molecule has 0 amide bonds. The lowest BCUT2D eigenvalue weighted by molar-refractivity contribution is -0.117. The van der Waals surface area contributed by atoms with E-state index in [-0.39, 0.29) is 17.9 Å². The van der Waals surface area contributed by atoms with Gasteiger partial charge in [-0.25, -0.2) is 4.98 Å². The van der Waals surface area contributed by atoms with E-state index in [1.807, 2.05) is 19.0 Å². The first-order valence-electron chi connectivity index (χ1n) is 7.65. The van der Waals surface area contributed by atoms with E-state index >= 15 is 0 Å². The molecule has 0 saturated carbocycles. The maximum absolute atomic E-state index is 13.0. The molecule has 2 aromatic rings. The smallest absolute Gasteiger partial charge is 0.263 e. The monoisotopic (exact) mass is 319 g/mol. The Labute approximate surface area is 133 Å². The normalized spacial score (nSPS) is 14.5. The van der Waals surface area contributed by atoms with E-state index in [1.54, 1.807) is 15.9 Å². The van der Waals surface area contributed by atoms with E-state index in [9.17, 15) is 9.59 Å². The fourth-order valence-corrected chi connectivity index (χ4v) is 4.34. The summed E-state index contributed by atoms with van der Waals surface area (Å²) in [4.78, 5) is 33.4. The number of hydrogen-bond donors (Lipinski definition) is 0. The molecule has 5 nitrogen and oxygen atoms in total. The number of fused-ring (bicyclic) bond motifs is 3. The van der Waals surface area contributed by atoms with Crippen LogP contribution in [0.3, 0.4) is 0 Å². The second kappa shape index (κ2) is 5.93. The van der Waals surface area contributed by atoms with Crippen LogP contribution >= 0.6 is 11.3 Å². The summed E-state index contributed by atoms with van der Waals surface area (Å²) in [6, 6.07) is 0. The van der Waals surface area contributed by atoms with Crippen molar-refractivity contribution in [2.45, 2.75) is 45.7 Å². The lowest BCUT2D eigenvalue weighted by Crippen LogP contribution is -2.30. The molecular formula is C16H21N3O2S. The Morgan fingerprint density at radius 1 is 1.32 bits per heavy atom. The summed E-state index contributed by atoms with van der Waals surface area (Å²) in [7, 11) is 3.88. The number of Topliss-reactive ketones (excluding diaryl/α,β-unsaturated/α-hetero) is 1. The van der Waals surface area contributed by atoms with E-state index in [1.165, 1.54) is 23.8 Å². The lowest BCUT2D eigenvalue weighted by Gasteiger charge is -2.15.